The average Bonchev–Trinajstić information content (AvgIpc) is 2.71. The van der Waals surface area contributed by atoms with E-state index in [1.807, 2.05) is 0 Å². The van der Waals surface area contributed by atoms with Gasteiger partial charge in [-0.05, 0) is 43.7 Å². The van der Waals surface area contributed by atoms with Crippen LogP contribution >= 0.6 is 23.2 Å². The van der Waals surface area contributed by atoms with Crippen molar-refractivity contribution in [2.75, 3.05) is 11.9 Å². The van der Waals surface area contributed by atoms with Crippen LogP contribution in [0.5, 0.6) is 5.75 Å². The van der Waals surface area contributed by atoms with Crippen LogP contribution < -0.4 is 21.1 Å². The van der Waals surface area contributed by atoms with Crippen molar-refractivity contribution in [3.8, 4) is 5.75 Å². The van der Waals surface area contributed by atoms with E-state index in [9.17, 15) is 14.4 Å². The Labute approximate surface area is 202 Å². The number of urea groups is 1. The number of rotatable bonds is 10. The van der Waals surface area contributed by atoms with Crippen LogP contribution in [0.15, 0.2) is 48.5 Å². The number of ether oxygens (including phenoxy) is 1. The summed E-state index contributed by atoms with van der Waals surface area (Å²) in [6.45, 7) is 4.52. The predicted molar refractivity (Wildman–Crippen MR) is 128 cm³/mol. The number of anilines is 1. The summed E-state index contributed by atoms with van der Waals surface area (Å²) in [6.07, 6.45) is -0.109. The fraction of sp³-hybridized carbons (Fsp3) is 0.348. The average molecular weight is 496 g/mol. The van der Waals surface area contributed by atoms with E-state index in [0.717, 1.165) is 0 Å². The molecule has 178 valence electrons. The number of nitrogens with two attached hydrogens (primary N) is 1. The molecule has 0 aliphatic heterocycles. The number of hydrogen-bond donors (Lipinski definition) is 4. The Balaban J connectivity index is 2.22. The number of carboxylic acid groups (broad SMARTS) is 1. The van der Waals surface area contributed by atoms with Gasteiger partial charge in [-0.3, -0.25) is 9.59 Å². The zero-order valence-corrected chi connectivity index (χ0v) is 20.0. The van der Waals surface area contributed by atoms with Crippen molar-refractivity contribution in [2.45, 2.75) is 38.8 Å². The second-order valence-electron chi connectivity index (χ2n) is 8.47. The zero-order chi connectivity index (χ0) is 24.8. The molecule has 2 aromatic carbocycles. The number of para-hydroxylation sites is 1. The topological polar surface area (TPSA) is 131 Å². The Kier molecular flexibility index (Phi) is 8.71. The summed E-state index contributed by atoms with van der Waals surface area (Å²) < 4.78 is 6.01. The summed E-state index contributed by atoms with van der Waals surface area (Å²) in [5, 5.41) is 15.1. The molecule has 2 rings (SSSR count). The van der Waals surface area contributed by atoms with E-state index in [1.165, 1.54) is 25.1 Å². The number of hydrogen-bond acceptors (Lipinski definition) is 5. The first-order valence-corrected chi connectivity index (χ1v) is 10.9. The smallest absolute Gasteiger partial charge is 0.320 e. The molecule has 2 atom stereocenters. The summed E-state index contributed by atoms with van der Waals surface area (Å²) in [5.74, 6) is -1.21. The molecule has 0 saturated carbocycles. The lowest BCUT2D eigenvalue weighted by atomic mass is 9.75. The lowest BCUT2D eigenvalue weighted by molar-refractivity contribution is -0.144. The minimum absolute atomic E-state index is 0.109. The van der Waals surface area contributed by atoms with Gasteiger partial charge in [0.2, 0.25) is 0 Å². The molecule has 2 aromatic rings. The third-order valence-electron chi connectivity index (χ3n) is 4.94. The molecule has 5 N–H and O–H groups in total. The van der Waals surface area contributed by atoms with Crippen molar-refractivity contribution in [1.82, 2.24) is 5.32 Å². The SMILES string of the molecule is CC(C)(C[C@H](N)C(=O)O)C(=O)C(C)(CNC(=O)Nc1cc(Cl)cc(Cl)c1)Oc1ccccc1. The molecule has 0 aliphatic rings. The zero-order valence-electron chi connectivity index (χ0n) is 18.5. The first-order valence-electron chi connectivity index (χ1n) is 10.1. The maximum atomic E-state index is 13.5. The first kappa shape index (κ1) is 26.4. The Morgan fingerprint density at radius 2 is 1.64 bits per heavy atom. The van der Waals surface area contributed by atoms with Crippen LogP contribution in [0.4, 0.5) is 10.5 Å². The number of Topliss-reactive ketones (excluding diaryl/α,β-unsaturated/α-hetero) is 1. The van der Waals surface area contributed by atoms with Crippen molar-refractivity contribution in [1.29, 1.82) is 0 Å². The highest BCUT2D eigenvalue weighted by molar-refractivity contribution is 6.35. The van der Waals surface area contributed by atoms with E-state index in [2.05, 4.69) is 10.6 Å². The highest BCUT2D eigenvalue weighted by atomic mass is 35.5. The number of ketones is 1. The molecule has 10 heteroatoms. The number of nitrogens with one attached hydrogen (secondary N) is 2. The molecule has 0 heterocycles. The summed E-state index contributed by atoms with van der Waals surface area (Å²) in [6, 6.07) is 11.4. The van der Waals surface area contributed by atoms with E-state index in [-0.39, 0.29) is 13.0 Å². The fourth-order valence-corrected chi connectivity index (χ4v) is 3.93. The number of carboxylic acids is 1. The van der Waals surface area contributed by atoms with Gasteiger partial charge in [0.25, 0.3) is 0 Å². The number of carbonyl (C=O) groups is 3. The summed E-state index contributed by atoms with van der Waals surface area (Å²) in [5.41, 5.74) is 3.37. The summed E-state index contributed by atoms with van der Waals surface area (Å²) >= 11 is 11.9. The molecule has 0 aliphatic carbocycles. The van der Waals surface area contributed by atoms with Crippen LogP contribution in [0.1, 0.15) is 27.2 Å². The van der Waals surface area contributed by atoms with Crippen LogP contribution in [0.3, 0.4) is 0 Å². The molecular formula is C23H27Cl2N3O5. The van der Waals surface area contributed by atoms with Crippen molar-refractivity contribution in [3.63, 3.8) is 0 Å². The number of halogens is 2. The molecule has 2 amide bonds. The van der Waals surface area contributed by atoms with Gasteiger partial charge in [-0.1, -0.05) is 55.2 Å². The molecule has 8 nitrogen and oxygen atoms in total. The van der Waals surface area contributed by atoms with Gasteiger partial charge in [0.05, 0.1) is 6.54 Å². The van der Waals surface area contributed by atoms with Crippen LogP contribution in [-0.2, 0) is 9.59 Å². The predicted octanol–water partition coefficient (Wildman–Crippen LogP) is 4.35. The molecule has 33 heavy (non-hydrogen) atoms. The van der Waals surface area contributed by atoms with E-state index < -0.39 is 34.8 Å². The largest absolute Gasteiger partial charge is 0.480 e. The highest BCUT2D eigenvalue weighted by Crippen LogP contribution is 2.32. The highest BCUT2D eigenvalue weighted by Gasteiger charge is 2.46. The Morgan fingerprint density at radius 1 is 1.06 bits per heavy atom. The van der Waals surface area contributed by atoms with Crippen LogP contribution in [0.2, 0.25) is 10.0 Å². The Hall–Kier alpha value is -2.81. The Morgan fingerprint density at radius 3 is 2.18 bits per heavy atom. The number of aliphatic carboxylic acids is 1. The second-order valence-corrected chi connectivity index (χ2v) is 9.35. The second kappa shape index (κ2) is 10.9. The molecule has 0 radical (unpaired) electrons. The van der Waals surface area contributed by atoms with Crippen LogP contribution in [0, 0.1) is 5.41 Å². The van der Waals surface area contributed by atoms with Crippen LogP contribution in [-0.4, -0.2) is 41.1 Å². The lowest BCUT2D eigenvalue weighted by Crippen LogP contribution is -2.57. The van der Waals surface area contributed by atoms with Gasteiger partial charge in [-0.25, -0.2) is 4.79 Å². The maximum Gasteiger partial charge on any atom is 0.320 e. The standard InChI is InChI=1S/C23H27Cl2N3O5/c1-22(2,12-18(26)19(29)30)20(31)23(3,33-17-7-5-4-6-8-17)13-27-21(32)28-16-10-14(24)9-15(25)11-16/h4-11,18H,12-13,26H2,1-3H3,(H,29,30)(H2,27,28,32)/t18-,23?/m0/s1. The molecule has 0 spiro atoms. The van der Waals surface area contributed by atoms with Gasteiger partial charge < -0.3 is 26.2 Å². The summed E-state index contributed by atoms with van der Waals surface area (Å²) in [7, 11) is 0. The number of benzene rings is 2. The molecule has 0 saturated heterocycles. The number of amides is 2. The van der Waals surface area contributed by atoms with Gasteiger partial charge in [-0.15, -0.1) is 0 Å². The van der Waals surface area contributed by atoms with E-state index in [1.54, 1.807) is 44.2 Å². The fourth-order valence-electron chi connectivity index (χ4n) is 3.41. The maximum absolute atomic E-state index is 13.5. The normalized spacial score (nSPS) is 14.0. The molecular weight excluding hydrogens is 469 g/mol. The first-order chi connectivity index (χ1) is 15.3. The molecule has 1 unspecified atom stereocenters. The number of carbonyl (C=O) groups excluding carboxylic acids is 2. The van der Waals surface area contributed by atoms with E-state index >= 15 is 0 Å². The Bertz CT molecular complexity index is 996. The minimum atomic E-state index is -1.52. The van der Waals surface area contributed by atoms with Gasteiger partial charge in [0, 0.05) is 21.1 Å². The van der Waals surface area contributed by atoms with Gasteiger partial charge in [0.15, 0.2) is 11.4 Å². The van der Waals surface area contributed by atoms with E-state index in [4.69, 9.17) is 38.8 Å². The monoisotopic (exact) mass is 495 g/mol. The van der Waals surface area contributed by atoms with Crippen molar-refractivity contribution in [3.05, 3.63) is 58.6 Å². The lowest BCUT2D eigenvalue weighted by Gasteiger charge is -2.37. The van der Waals surface area contributed by atoms with Crippen molar-refractivity contribution >= 4 is 46.7 Å². The molecule has 0 aromatic heterocycles. The van der Waals surface area contributed by atoms with Crippen molar-refractivity contribution < 1.29 is 24.2 Å². The minimum Gasteiger partial charge on any atom is -0.480 e. The molecule has 0 bridgehead atoms. The molecule has 0 fully saturated rings. The van der Waals surface area contributed by atoms with Gasteiger partial charge in [-0.2, -0.15) is 0 Å². The summed E-state index contributed by atoms with van der Waals surface area (Å²) in [4.78, 5) is 37.3. The third-order valence-corrected chi connectivity index (χ3v) is 5.37. The third kappa shape index (κ3) is 7.63. The van der Waals surface area contributed by atoms with E-state index in [0.29, 0.717) is 21.5 Å². The van der Waals surface area contributed by atoms with Crippen molar-refractivity contribution in [2.24, 2.45) is 11.1 Å². The van der Waals surface area contributed by atoms with Gasteiger partial charge >= 0.3 is 12.0 Å². The quantitative estimate of drug-likeness (QED) is 0.387. The van der Waals surface area contributed by atoms with Crippen LogP contribution in [0.25, 0.3) is 0 Å². The van der Waals surface area contributed by atoms with Gasteiger partial charge in [0.1, 0.15) is 11.8 Å².